The van der Waals surface area contributed by atoms with Crippen LogP contribution in [0, 0.1) is 11.3 Å². The summed E-state index contributed by atoms with van der Waals surface area (Å²) in [7, 11) is 0. The lowest BCUT2D eigenvalue weighted by atomic mass is 9.98. The van der Waals surface area contributed by atoms with Crippen molar-refractivity contribution in [2.75, 3.05) is 0 Å². The molecule has 0 bridgehead atoms. The van der Waals surface area contributed by atoms with Crippen LogP contribution in [0.3, 0.4) is 0 Å². The molecule has 3 aromatic rings. The minimum Gasteiger partial charge on any atom is -0.192 e. The fourth-order valence-electron chi connectivity index (χ4n) is 3.40. The molecule has 0 unspecified atom stereocenters. The number of nitriles is 1. The highest BCUT2D eigenvalue weighted by molar-refractivity contribution is 5.80. The molecule has 0 fully saturated rings. The van der Waals surface area contributed by atoms with Crippen LogP contribution in [-0.2, 0) is 12.8 Å². The molecule has 110 valence electrons. The zero-order valence-electron chi connectivity index (χ0n) is 13.1. The van der Waals surface area contributed by atoms with Crippen LogP contribution in [-0.4, -0.2) is 0 Å². The molecular weight excluding hydrogens is 278 g/mol. The Bertz CT molecular complexity index is 927. The Morgan fingerprint density at radius 2 is 1.48 bits per heavy atom. The second-order valence-corrected chi connectivity index (χ2v) is 6.08. The lowest BCUT2D eigenvalue weighted by molar-refractivity contribution is 1.12. The topological polar surface area (TPSA) is 23.8 Å². The van der Waals surface area contributed by atoms with Gasteiger partial charge in [-0.2, -0.15) is 5.26 Å². The molecule has 0 aliphatic heterocycles. The summed E-state index contributed by atoms with van der Waals surface area (Å²) in [6, 6.07) is 23.5. The van der Waals surface area contributed by atoms with Crippen molar-refractivity contribution < 1.29 is 0 Å². The second kappa shape index (κ2) is 5.41. The minimum absolute atomic E-state index is 0.703. The van der Waals surface area contributed by atoms with Gasteiger partial charge in [-0.3, -0.25) is 0 Å². The van der Waals surface area contributed by atoms with Crippen molar-refractivity contribution >= 4 is 0 Å². The summed E-state index contributed by atoms with van der Waals surface area (Å²) in [4.78, 5) is 0. The predicted octanol–water partition coefficient (Wildman–Crippen LogP) is 5.36. The van der Waals surface area contributed by atoms with E-state index in [2.05, 4.69) is 49.4 Å². The fourth-order valence-corrected chi connectivity index (χ4v) is 3.40. The van der Waals surface area contributed by atoms with Gasteiger partial charge in [0.25, 0.3) is 0 Å². The van der Waals surface area contributed by atoms with Crippen LogP contribution in [0.1, 0.15) is 29.2 Å². The lowest BCUT2D eigenvalue weighted by Crippen LogP contribution is -1.85. The zero-order valence-corrected chi connectivity index (χ0v) is 13.1. The molecule has 0 saturated carbocycles. The molecule has 0 heterocycles. The van der Waals surface area contributed by atoms with Gasteiger partial charge in [-0.25, -0.2) is 0 Å². The van der Waals surface area contributed by atoms with Crippen molar-refractivity contribution in [1.82, 2.24) is 0 Å². The van der Waals surface area contributed by atoms with Crippen LogP contribution in [0.4, 0.5) is 0 Å². The highest BCUT2D eigenvalue weighted by atomic mass is 14.2. The van der Waals surface area contributed by atoms with Gasteiger partial charge < -0.3 is 0 Å². The molecular formula is C22H17N. The van der Waals surface area contributed by atoms with Gasteiger partial charge in [-0.05, 0) is 63.9 Å². The van der Waals surface area contributed by atoms with Crippen molar-refractivity contribution in [3.8, 4) is 28.3 Å². The van der Waals surface area contributed by atoms with Crippen LogP contribution in [0.2, 0.25) is 0 Å². The van der Waals surface area contributed by atoms with Gasteiger partial charge in [0.2, 0.25) is 0 Å². The van der Waals surface area contributed by atoms with Crippen LogP contribution in [0.15, 0.2) is 60.7 Å². The predicted molar refractivity (Wildman–Crippen MR) is 94.2 cm³/mol. The number of hydrogen-bond donors (Lipinski definition) is 0. The van der Waals surface area contributed by atoms with E-state index in [0.29, 0.717) is 5.56 Å². The van der Waals surface area contributed by atoms with Crippen LogP contribution in [0.5, 0.6) is 0 Å². The summed E-state index contributed by atoms with van der Waals surface area (Å²) in [6.07, 6.45) is 2.10. The number of rotatable bonds is 2. The Hall–Kier alpha value is -2.85. The zero-order chi connectivity index (χ0) is 15.8. The quantitative estimate of drug-likeness (QED) is 0.488. The second-order valence-electron chi connectivity index (χ2n) is 6.08. The van der Waals surface area contributed by atoms with E-state index in [4.69, 9.17) is 5.26 Å². The first-order chi connectivity index (χ1) is 11.3. The molecule has 1 nitrogen and oxygen atoms in total. The van der Waals surface area contributed by atoms with Crippen molar-refractivity contribution in [3.63, 3.8) is 0 Å². The highest BCUT2D eigenvalue weighted by Crippen LogP contribution is 2.39. The number of fused-ring (bicyclic) bond motifs is 3. The number of nitrogens with zero attached hydrogens (tertiary/aromatic N) is 1. The Balaban J connectivity index is 1.73. The summed E-state index contributed by atoms with van der Waals surface area (Å²) < 4.78 is 0. The monoisotopic (exact) mass is 295 g/mol. The molecule has 1 aliphatic carbocycles. The molecule has 0 N–H and O–H groups in total. The SMILES string of the molecule is CCc1ccc2c(c1)Cc1cc(-c3ccc(C#N)cc3)ccc1-2. The maximum Gasteiger partial charge on any atom is 0.0991 e. The van der Waals surface area contributed by atoms with E-state index in [1.165, 1.54) is 33.4 Å². The van der Waals surface area contributed by atoms with Gasteiger partial charge in [0.15, 0.2) is 0 Å². The molecule has 0 amide bonds. The Morgan fingerprint density at radius 3 is 2.17 bits per heavy atom. The van der Waals surface area contributed by atoms with Gasteiger partial charge in [-0.15, -0.1) is 0 Å². The Labute approximate surface area is 136 Å². The van der Waals surface area contributed by atoms with Crippen LogP contribution < -0.4 is 0 Å². The van der Waals surface area contributed by atoms with Crippen molar-refractivity contribution in [3.05, 3.63) is 82.9 Å². The molecule has 0 atom stereocenters. The average molecular weight is 295 g/mol. The summed E-state index contributed by atoms with van der Waals surface area (Å²) >= 11 is 0. The van der Waals surface area contributed by atoms with E-state index >= 15 is 0 Å². The molecule has 0 spiro atoms. The minimum atomic E-state index is 0.703. The van der Waals surface area contributed by atoms with Crippen molar-refractivity contribution in [2.45, 2.75) is 19.8 Å². The first kappa shape index (κ1) is 13.8. The normalized spacial score (nSPS) is 11.7. The molecule has 1 aliphatic rings. The molecule has 4 rings (SSSR count). The molecule has 0 aromatic heterocycles. The van der Waals surface area contributed by atoms with E-state index in [-0.39, 0.29) is 0 Å². The molecule has 0 saturated heterocycles. The molecule has 3 aromatic carbocycles. The standard InChI is InChI=1S/C22H17N/c1-2-15-5-9-21-19(11-15)13-20-12-18(8-10-22(20)21)17-6-3-16(14-23)4-7-17/h3-12H,2,13H2,1H3. The maximum absolute atomic E-state index is 8.92. The third-order valence-electron chi connectivity index (χ3n) is 4.70. The smallest absolute Gasteiger partial charge is 0.0991 e. The van der Waals surface area contributed by atoms with E-state index in [9.17, 15) is 0 Å². The lowest BCUT2D eigenvalue weighted by Gasteiger charge is -2.06. The average Bonchev–Trinajstić information content (AvgIpc) is 2.98. The number of aryl methyl sites for hydroxylation is 1. The molecule has 23 heavy (non-hydrogen) atoms. The van der Waals surface area contributed by atoms with Crippen LogP contribution in [0.25, 0.3) is 22.3 Å². The summed E-state index contributed by atoms with van der Waals surface area (Å²) in [5.74, 6) is 0. The van der Waals surface area contributed by atoms with Crippen molar-refractivity contribution in [2.24, 2.45) is 0 Å². The van der Waals surface area contributed by atoms with Gasteiger partial charge in [0.05, 0.1) is 11.6 Å². The molecule has 0 radical (unpaired) electrons. The van der Waals surface area contributed by atoms with E-state index in [1.807, 2.05) is 24.3 Å². The van der Waals surface area contributed by atoms with Gasteiger partial charge in [0.1, 0.15) is 0 Å². The first-order valence-electron chi connectivity index (χ1n) is 8.04. The summed E-state index contributed by atoms with van der Waals surface area (Å²) in [5.41, 5.74) is 10.1. The Morgan fingerprint density at radius 1 is 0.826 bits per heavy atom. The summed E-state index contributed by atoms with van der Waals surface area (Å²) in [5, 5.41) is 8.92. The maximum atomic E-state index is 8.92. The third-order valence-corrected chi connectivity index (χ3v) is 4.70. The number of benzene rings is 3. The third kappa shape index (κ3) is 2.33. The Kier molecular flexibility index (Phi) is 3.24. The van der Waals surface area contributed by atoms with Gasteiger partial charge >= 0.3 is 0 Å². The fraction of sp³-hybridized carbons (Fsp3) is 0.136. The summed E-state index contributed by atoms with van der Waals surface area (Å²) in [6.45, 7) is 2.20. The molecule has 1 heteroatoms. The van der Waals surface area contributed by atoms with E-state index < -0.39 is 0 Å². The highest BCUT2D eigenvalue weighted by Gasteiger charge is 2.18. The van der Waals surface area contributed by atoms with Gasteiger partial charge in [-0.1, -0.05) is 55.5 Å². The van der Waals surface area contributed by atoms with E-state index in [1.54, 1.807) is 0 Å². The van der Waals surface area contributed by atoms with Crippen molar-refractivity contribution in [1.29, 1.82) is 5.26 Å². The van der Waals surface area contributed by atoms with Crippen LogP contribution >= 0.6 is 0 Å². The first-order valence-corrected chi connectivity index (χ1v) is 8.04. The van der Waals surface area contributed by atoms with E-state index in [0.717, 1.165) is 18.4 Å². The number of hydrogen-bond acceptors (Lipinski definition) is 1. The van der Waals surface area contributed by atoms with Gasteiger partial charge in [0, 0.05) is 0 Å². The largest absolute Gasteiger partial charge is 0.192 e.